The van der Waals surface area contributed by atoms with Gasteiger partial charge in [-0.2, -0.15) is 5.10 Å². The number of hydrazone groups is 1. The summed E-state index contributed by atoms with van der Waals surface area (Å²) in [5.74, 6) is 5.85. The van der Waals surface area contributed by atoms with Crippen LogP contribution in [0.2, 0.25) is 0 Å². The monoisotopic (exact) mass is 476 g/mol. The summed E-state index contributed by atoms with van der Waals surface area (Å²) in [6.45, 7) is 1.86. The van der Waals surface area contributed by atoms with E-state index < -0.39 is 4.92 Å². The van der Waals surface area contributed by atoms with Crippen molar-refractivity contribution in [2.75, 3.05) is 22.3 Å². The number of carbonyl (C=O) groups is 1. The van der Waals surface area contributed by atoms with Crippen molar-refractivity contribution in [3.8, 4) is 0 Å². The Balaban J connectivity index is 1.36. The lowest BCUT2D eigenvalue weighted by molar-refractivity contribution is -0.384. The highest BCUT2D eigenvalue weighted by Crippen LogP contribution is 2.20. The summed E-state index contributed by atoms with van der Waals surface area (Å²) in [5.41, 5.74) is 4.70. The average Bonchev–Trinajstić information content (AvgIpc) is 3.20. The van der Waals surface area contributed by atoms with Crippen LogP contribution in [0.4, 0.5) is 17.3 Å². The van der Waals surface area contributed by atoms with Crippen LogP contribution in [0.15, 0.2) is 77.0 Å². The van der Waals surface area contributed by atoms with Gasteiger partial charge >= 0.3 is 0 Å². The number of nitrogens with two attached hydrogens (primary N) is 1. The summed E-state index contributed by atoms with van der Waals surface area (Å²) in [5, 5.41) is 28.3. The summed E-state index contributed by atoms with van der Waals surface area (Å²) in [6.07, 6.45) is 0. The first-order valence-corrected chi connectivity index (χ1v) is 11.1. The van der Waals surface area contributed by atoms with Crippen LogP contribution >= 0.6 is 11.8 Å². The maximum absolute atomic E-state index is 12.2. The van der Waals surface area contributed by atoms with Crippen molar-refractivity contribution in [1.29, 1.82) is 0 Å². The number of nitrogens with one attached hydrogen (secondary N) is 2. The lowest BCUT2D eigenvalue weighted by atomic mass is 10.0. The Morgan fingerprint density at radius 2 is 1.91 bits per heavy atom. The van der Waals surface area contributed by atoms with Gasteiger partial charge in [-0.3, -0.25) is 14.9 Å². The summed E-state index contributed by atoms with van der Waals surface area (Å²) in [4.78, 5) is 22.5. The molecule has 0 aliphatic carbocycles. The third-order valence-electron chi connectivity index (χ3n) is 4.83. The molecular formula is C22H20N8O3S. The number of fused-ring (bicyclic) bond motifs is 1. The van der Waals surface area contributed by atoms with E-state index in [0.717, 1.165) is 33.8 Å². The largest absolute Gasteiger partial charge is 0.334 e. The molecule has 4 rings (SSSR count). The second kappa shape index (κ2) is 10.0. The molecular weight excluding hydrogens is 456 g/mol. The van der Waals surface area contributed by atoms with Crippen LogP contribution in [0, 0.1) is 10.1 Å². The van der Waals surface area contributed by atoms with E-state index in [1.807, 2.05) is 49.4 Å². The van der Waals surface area contributed by atoms with Gasteiger partial charge in [0, 0.05) is 17.8 Å². The number of aromatic nitrogens is 3. The minimum Gasteiger partial charge on any atom is -0.334 e. The van der Waals surface area contributed by atoms with E-state index in [9.17, 15) is 14.9 Å². The van der Waals surface area contributed by atoms with E-state index in [-0.39, 0.29) is 23.3 Å². The predicted molar refractivity (Wildman–Crippen MR) is 132 cm³/mol. The van der Waals surface area contributed by atoms with E-state index >= 15 is 0 Å². The number of nitro groups is 1. The van der Waals surface area contributed by atoms with Crippen LogP contribution in [0.3, 0.4) is 0 Å². The molecule has 12 heteroatoms. The highest BCUT2D eigenvalue weighted by Gasteiger charge is 2.13. The number of nitro benzene ring substituents is 1. The second-order valence-electron chi connectivity index (χ2n) is 7.19. The number of non-ortho nitro benzene ring substituents is 1. The minimum atomic E-state index is -0.528. The fourth-order valence-corrected chi connectivity index (χ4v) is 3.75. The quantitative estimate of drug-likeness (QED) is 0.115. The van der Waals surface area contributed by atoms with Gasteiger partial charge in [-0.15, -0.1) is 10.2 Å². The summed E-state index contributed by atoms with van der Waals surface area (Å²) >= 11 is 1.07. The highest BCUT2D eigenvalue weighted by molar-refractivity contribution is 7.99. The SMILES string of the molecule is C/C(=N\Nc1nnc(SCC(=O)Nc2cccc([N+](=O)[O-])c2)n1N)c1ccc2ccccc2c1. The standard InChI is InChI=1S/C22H20N8O3S/c1-14(16-10-9-15-5-2-3-6-17(15)11-16)25-26-21-27-28-22(29(21)23)34-13-20(31)24-18-7-4-8-19(12-18)30(32)33/h2-12H,13,23H2,1H3,(H,24,31)(H,26,27)/b25-14+. The molecule has 4 N–H and O–H groups in total. The van der Waals surface area contributed by atoms with Crippen LogP contribution in [-0.2, 0) is 4.79 Å². The highest BCUT2D eigenvalue weighted by atomic mass is 32.2. The van der Waals surface area contributed by atoms with E-state index in [0.29, 0.717) is 10.8 Å². The van der Waals surface area contributed by atoms with Crippen LogP contribution < -0.4 is 16.6 Å². The van der Waals surface area contributed by atoms with Gasteiger partial charge in [-0.1, -0.05) is 54.2 Å². The van der Waals surface area contributed by atoms with E-state index in [4.69, 9.17) is 5.84 Å². The van der Waals surface area contributed by atoms with Gasteiger partial charge in [-0.05, 0) is 35.4 Å². The van der Waals surface area contributed by atoms with Crippen molar-refractivity contribution < 1.29 is 9.72 Å². The number of hydrogen-bond acceptors (Lipinski definition) is 9. The zero-order chi connectivity index (χ0) is 24.1. The first-order valence-electron chi connectivity index (χ1n) is 10.1. The van der Waals surface area contributed by atoms with Crippen molar-refractivity contribution in [3.05, 3.63) is 82.4 Å². The Hall–Kier alpha value is -4.45. The van der Waals surface area contributed by atoms with Gasteiger partial charge in [0.15, 0.2) is 0 Å². The fraction of sp³-hybridized carbons (Fsp3) is 0.0909. The molecule has 3 aromatic carbocycles. The molecule has 172 valence electrons. The molecule has 34 heavy (non-hydrogen) atoms. The Morgan fingerprint density at radius 3 is 2.71 bits per heavy atom. The molecule has 0 atom stereocenters. The summed E-state index contributed by atoms with van der Waals surface area (Å²) in [7, 11) is 0. The van der Waals surface area contributed by atoms with Crippen LogP contribution in [0.5, 0.6) is 0 Å². The number of thioether (sulfide) groups is 1. The second-order valence-corrected chi connectivity index (χ2v) is 8.13. The van der Waals surface area contributed by atoms with Gasteiger partial charge in [-0.25, -0.2) is 10.1 Å². The minimum absolute atomic E-state index is 0.0165. The molecule has 0 fully saturated rings. The van der Waals surface area contributed by atoms with Gasteiger partial charge < -0.3 is 11.2 Å². The number of carbonyl (C=O) groups excluding carboxylic acids is 1. The van der Waals surface area contributed by atoms with Crippen molar-refractivity contribution in [3.63, 3.8) is 0 Å². The van der Waals surface area contributed by atoms with Gasteiger partial charge in [0.1, 0.15) is 0 Å². The number of anilines is 2. The van der Waals surface area contributed by atoms with Gasteiger partial charge in [0.2, 0.25) is 11.1 Å². The summed E-state index contributed by atoms with van der Waals surface area (Å²) < 4.78 is 1.20. The molecule has 0 unspecified atom stereocenters. The molecule has 0 saturated carbocycles. The molecule has 0 bridgehead atoms. The number of hydrogen-bond donors (Lipinski definition) is 3. The topological polar surface area (TPSA) is 153 Å². The summed E-state index contributed by atoms with van der Waals surface area (Å²) in [6, 6.07) is 19.8. The Labute approximate surface area is 198 Å². The number of nitrogens with zero attached hydrogens (tertiary/aromatic N) is 5. The number of nitrogen functional groups attached to an aromatic ring is 1. The third kappa shape index (κ3) is 5.30. The number of rotatable bonds is 8. The van der Waals surface area contributed by atoms with E-state index in [2.05, 4.69) is 26.0 Å². The molecule has 1 aromatic heterocycles. The molecule has 0 spiro atoms. The van der Waals surface area contributed by atoms with Crippen molar-refractivity contribution in [1.82, 2.24) is 14.9 Å². The average molecular weight is 477 g/mol. The Kier molecular flexibility index (Phi) is 6.69. The van der Waals surface area contributed by atoms with E-state index in [1.165, 1.54) is 22.9 Å². The first kappa shape index (κ1) is 22.7. The molecule has 0 radical (unpaired) electrons. The number of amides is 1. The van der Waals surface area contributed by atoms with E-state index in [1.54, 1.807) is 6.07 Å². The van der Waals surface area contributed by atoms with Gasteiger partial charge in [0.05, 0.1) is 16.4 Å². The number of benzene rings is 3. The molecule has 1 heterocycles. The van der Waals surface area contributed by atoms with Crippen molar-refractivity contribution >= 4 is 51.5 Å². The molecule has 11 nitrogen and oxygen atoms in total. The Morgan fingerprint density at radius 1 is 1.12 bits per heavy atom. The van der Waals surface area contributed by atoms with Crippen LogP contribution in [0.25, 0.3) is 10.8 Å². The van der Waals surface area contributed by atoms with Crippen molar-refractivity contribution in [2.45, 2.75) is 12.1 Å². The third-order valence-corrected chi connectivity index (χ3v) is 5.77. The predicted octanol–water partition coefficient (Wildman–Crippen LogP) is 3.62. The maximum Gasteiger partial charge on any atom is 0.271 e. The normalized spacial score (nSPS) is 11.4. The molecule has 1 amide bonds. The Bertz CT molecular complexity index is 1400. The lowest BCUT2D eigenvalue weighted by Gasteiger charge is -2.06. The lowest BCUT2D eigenvalue weighted by Crippen LogP contribution is -2.17. The van der Waals surface area contributed by atoms with Crippen LogP contribution in [-0.4, -0.2) is 37.2 Å². The zero-order valence-electron chi connectivity index (χ0n) is 18.0. The van der Waals surface area contributed by atoms with Gasteiger partial charge in [0.25, 0.3) is 11.6 Å². The zero-order valence-corrected chi connectivity index (χ0v) is 18.8. The molecule has 4 aromatic rings. The molecule has 0 aliphatic heterocycles. The molecule has 0 aliphatic rings. The molecule has 0 saturated heterocycles. The maximum atomic E-state index is 12.2. The smallest absolute Gasteiger partial charge is 0.271 e. The van der Waals surface area contributed by atoms with Crippen LogP contribution in [0.1, 0.15) is 12.5 Å². The first-order chi connectivity index (χ1) is 16.4. The van der Waals surface area contributed by atoms with Crippen molar-refractivity contribution in [2.24, 2.45) is 5.10 Å². The fourth-order valence-electron chi connectivity index (χ4n) is 3.09.